The van der Waals surface area contributed by atoms with Crippen LogP contribution in [0.15, 0.2) is 30.3 Å². The standard InChI is InChI=1S/C24H35N5O7/c1-13(2)20(27-15(4)30)24(36)29-18(12-16-8-6-5-7-9-16)23(35)26-14(3)22(34)28-17(21(25)33)10-11-19(31)32/h5-9,13-14,17-18,20H,10-12H2,1-4H3,(H2,25,33)(H,26,35)(H,27,30)(H,28,34)(H,29,36)(H,31,32)/t14-,17?,18?,20?/m1/s1. The lowest BCUT2D eigenvalue weighted by Crippen LogP contribution is -2.58. The van der Waals surface area contributed by atoms with Crippen LogP contribution in [0, 0.1) is 5.92 Å². The first kappa shape index (κ1) is 30.1. The Hall–Kier alpha value is -3.96. The summed E-state index contributed by atoms with van der Waals surface area (Å²) in [6, 6.07) is 4.59. The van der Waals surface area contributed by atoms with Gasteiger partial charge in [-0.15, -0.1) is 0 Å². The molecule has 0 bridgehead atoms. The van der Waals surface area contributed by atoms with Crippen LogP contribution in [0.1, 0.15) is 46.1 Å². The molecule has 3 unspecified atom stereocenters. The van der Waals surface area contributed by atoms with Gasteiger partial charge in [0.15, 0.2) is 0 Å². The van der Waals surface area contributed by atoms with Gasteiger partial charge in [-0.1, -0.05) is 44.2 Å². The zero-order valence-corrected chi connectivity index (χ0v) is 20.9. The summed E-state index contributed by atoms with van der Waals surface area (Å²) in [5.41, 5.74) is 5.99. The number of nitrogens with one attached hydrogen (secondary N) is 4. The molecule has 36 heavy (non-hydrogen) atoms. The minimum atomic E-state index is -1.22. The lowest BCUT2D eigenvalue weighted by molar-refractivity contribution is -0.138. The minimum Gasteiger partial charge on any atom is -0.481 e. The van der Waals surface area contributed by atoms with E-state index in [4.69, 9.17) is 10.8 Å². The van der Waals surface area contributed by atoms with E-state index >= 15 is 0 Å². The molecule has 4 atom stereocenters. The van der Waals surface area contributed by atoms with Crippen molar-refractivity contribution in [2.24, 2.45) is 11.7 Å². The van der Waals surface area contributed by atoms with Gasteiger partial charge in [0.1, 0.15) is 24.2 Å². The summed E-state index contributed by atoms with van der Waals surface area (Å²) < 4.78 is 0. The Morgan fingerprint density at radius 2 is 1.42 bits per heavy atom. The Morgan fingerprint density at radius 3 is 1.92 bits per heavy atom. The Morgan fingerprint density at radius 1 is 0.833 bits per heavy atom. The van der Waals surface area contributed by atoms with Crippen molar-refractivity contribution in [1.82, 2.24) is 21.3 Å². The predicted molar refractivity (Wildman–Crippen MR) is 130 cm³/mol. The molecule has 0 heterocycles. The molecule has 12 heteroatoms. The lowest BCUT2D eigenvalue weighted by Gasteiger charge is -2.26. The maximum atomic E-state index is 13.1. The number of carbonyl (C=O) groups excluding carboxylic acids is 5. The molecule has 0 aliphatic heterocycles. The molecule has 0 aliphatic rings. The van der Waals surface area contributed by atoms with E-state index in [-0.39, 0.29) is 25.2 Å². The van der Waals surface area contributed by atoms with E-state index in [9.17, 15) is 28.8 Å². The maximum absolute atomic E-state index is 13.1. The van der Waals surface area contributed by atoms with E-state index in [0.717, 1.165) is 5.56 Å². The van der Waals surface area contributed by atoms with Gasteiger partial charge >= 0.3 is 5.97 Å². The molecular weight excluding hydrogens is 470 g/mol. The highest BCUT2D eigenvalue weighted by atomic mass is 16.4. The molecule has 0 saturated carbocycles. The Kier molecular flexibility index (Phi) is 12.1. The highest BCUT2D eigenvalue weighted by Gasteiger charge is 2.30. The number of rotatable bonds is 14. The van der Waals surface area contributed by atoms with Crippen LogP contribution in [0.3, 0.4) is 0 Å². The number of carboxylic acid groups (broad SMARTS) is 1. The second-order valence-electron chi connectivity index (χ2n) is 8.80. The Balaban J connectivity index is 2.99. The highest BCUT2D eigenvalue weighted by Crippen LogP contribution is 2.07. The van der Waals surface area contributed by atoms with Gasteiger partial charge in [0.2, 0.25) is 29.5 Å². The molecule has 12 nitrogen and oxygen atoms in total. The van der Waals surface area contributed by atoms with Crippen molar-refractivity contribution >= 4 is 35.5 Å². The van der Waals surface area contributed by atoms with Crippen molar-refractivity contribution in [2.45, 2.75) is 71.1 Å². The zero-order valence-electron chi connectivity index (χ0n) is 20.9. The molecule has 0 aliphatic carbocycles. The first-order chi connectivity index (χ1) is 16.8. The van der Waals surface area contributed by atoms with Crippen molar-refractivity contribution in [3.05, 3.63) is 35.9 Å². The van der Waals surface area contributed by atoms with Gasteiger partial charge in [-0.25, -0.2) is 0 Å². The van der Waals surface area contributed by atoms with Gasteiger partial charge in [-0.3, -0.25) is 28.8 Å². The van der Waals surface area contributed by atoms with E-state index in [2.05, 4.69) is 21.3 Å². The van der Waals surface area contributed by atoms with Gasteiger partial charge in [-0.2, -0.15) is 0 Å². The van der Waals surface area contributed by atoms with Crippen molar-refractivity contribution < 1.29 is 33.9 Å². The van der Waals surface area contributed by atoms with Crippen LogP contribution in [0.4, 0.5) is 0 Å². The van der Waals surface area contributed by atoms with Crippen LogP contribution >= 0.6 is 0 Å². The molecule has 0 saturated heterocycles. The minimum absolute atomic E-state index is 0.111. The summed E-state index contributed by atoms with van der Waals surface area (Å²) >= 11 is 0. The Bertz CT molecular complexity index is 951. The fourth-order valence-electron chi connectivity index (χ4n) is 3.30. The van der Waals surface area contributed by atoms with Crippen LogP contribution < -0.4 is 27.0 Å². The first-order valence-corrected chi connectivity index (χ1v) is 11.5. The maximum Gasteiger partial charge on any atom is 0.303 e. The molecule has 1 aromatic carbocycles. The molecule has 0 radical (unpaired) electrons. The summed E-state index contributed by atoms with van der Waals surface area (Å²) in [5.74, 6) is -4.69. The third-order valence-corrected chi connectivity index (χ3v) is 5.28. The molecule has 0 fully saturated rings. The number of carbonyl (C=O) groups is 6. The summed E-state index contributed by atoms with van der Waals surface area (Å²) in [6.07, 6.45) is -0.477. The largest absolute Gasteiger partial charge is 0.481 e. The quantitative estimate of drug-likeness (QED) is 0.190. The lowest BCUT2D eigenvalue weighted by atomic mass is 10.0. The number of aliphatic carboxylic acids is 1. The normalized spacial score (nSPS) is 14.0. The number of nitrogens with two attached hydrogens (primary N) is 1. The second-order valence-corrected chi connectivity index (χ2v) is 8.80. The van der Waals surface area contributed by atoms with E-state index < -0.39 is 59.7 Å². The first-order valence-electron chi connectivity index (χ1n) is 11.5. The predicted octanol–water partition coefficient (Wildman–Crippen LogP) is -0.786. The third-order valence-electron chi connectivity index (χ3n) is 5.28. The van der Waals surface area contributed by atoms with Crippen LogP contribution in [0.5, 0.6) is 0 Å². The third kappa shape index (κ3) is 10.5. The fraction of sp³-hybridized carbons (Fsp3) is 0.500. The molecule has 198 valence electrons. The summed E-state index contributed by atoms with van der Waals surface area (Å²) in [6.45, 7) is 6.15. The van der Waals surface area contributed by atoms with Gasteiger partial charge < -0.3 is 32.1 Å². The van der Waals surface area contributed by atoms with Crippen molar-refractivity contribution in [2.75, 3.05) is 0 Å². The molecule has 1 rings (SSSR count). The van der Waals surface area contributed by atoms with E-state index in [1.165, 1.54) is 13.8 Å². The van der Waals surface area contributed by atoms with E-state index in [1.807, 2.05) is 0 Å². The summed E-state index contributed by atoms with van der Waals surface area (Å²) in [4.78, 5) is 72.4. The van der Waals surface area contributed by atoms with Crippen molar-refractivity contribution in [3.63, 3.8) is 0 Å². The molecule has 7 N–H and O–H groups in total. The summed E-state index contributed by atoms with van der Waals surface area (Å²) in [5, 5.41) is 18.9. The van der Waals surface area contributed by atoms with Crippen LogP contribution in [0.2, 0.25) is 0 Å². The Labute approximate surface area is 209 Å². The second kappa shape index (κ2) is 14.4. The number of hydrogen-bond donors (Lipinski definition) is 6. The monoisotopic (exact) mass is 505 g/mol. The smallest absolute Gasteiger partial charge is 0.303 e. The number of hydrogen-bond acceptors (Lipinski definition) is 6. The van der Waals surface area contributed by atoms with Crippen LogP contribution in [0.25, 0.3) is 0 Å². The van der Waals surface area contributed by atoms with Gasteiger partial charge in [0.05, 0.1) is 0 Å². The van der Waals surface area contributed by atoms with Gasteiger partial charge in [0.25, 0.3) is 0 Å². The fourth-order valence-corrected chi connectivity index (χ4v) is 3.30. The van der Waals surface area contributed by atoms with Crippen LogP contribution in [-0.4, -0.2) is 64.8 Å². The number of carboxylic acids is 1. The van der Waals surface area contributed by atoms with Gasteiger partial charge in [0, 0.05) is 19.8 Å². The van der Waals surface area contributed by atoms with Gasteiger partial charge in [-0.05, 0) is 24.8 Å². The van der Waals surface area contributed by atoms with E-state index in [0.29, 0.717) is 0 Å². The zero-order chi connectivity index (χ0) is 27.4. The molecule has 0 spiro atoms. The van der Waals surface area contributed by atoms with Crippen LogP contribution in [-0.2, 0) is 35.2 Å². The van der Waals surface area contributed by atoms with Crippen molar-refractivity contribution in [3.8, 4) is 0 Å². The molecule has 1 aromatic rings. The molecule has 0 aromatic heterocycles. The molecule has 5 amide bonds. The average molecular weight is 506 g/mol. The molecular formula is C24H35N5O7. The number of primary amides is 1. The topological polar surface area (TPSA) is 197 Å². The summed E-state index contributed by atoms with van der Waals surface area (Å²) in [7, 11) is 0. The highest BCUT2D eigenvalue weighted by molar-refractivity contribution is 5.95. The number of amides is 5. The number of benzene rings is 1. The SMILES string of the molecule is CC(=O)NC(C(=O)NC(Cc1ccccc1)C(=O)N[C@H](C)C(=O)NC(CCC(=O)O)C(N)=O)C(C)C. The van der Waals surface area contributed by atoms with Crippen molar-refractivity contribution in [1.29, 1.82) is 0 Å². The van der Waals surface area contributed by atoms with E-state index in [1.54, 1.807) is 44.2 Å². The average Bonchev–Trinajstić information content (AvgIpc) is 2.79.